The molecule has 11 atom stereocenters. The number of nitrogens with two attached hydrogens (primary N) is 2. The van der Waals surface area contributed by atoms with Crippen molar-refractivity contribution in [1.29, 1.82) is 0 Å². The van der Waals surface area contributed by atoms with E-state index in [0.717, 1.165) is 4.90 Å². The number of primary amides is 1. The Balaban J connectivity index is 2.32. The van der Waals surface area contributed by atoms with E-state index in [2.05, 4.69) is 44.5 Å². The Morgan fingerprint density at radius 3 is 1.69 bits per heavy atom. The van der Waals surface area contributed by atoms with Crippen LogP contribution in [-0.2, 0) is 52.7 Å². The maximum absolute atomic E-state index is 14.3. The number of carbonyl (C=O) groups excluding carboxylic acids is 9. The van der Waals surface area contributed by atoms with Crippen LogP contribution in [0, 0.1) is 11.8 Å². The highest BCUT2D eigenvalue weighted by Crippen LogP contribution is 2.23. The average molecular weight is 973 g/mol. The van der Waals surface area contributed by atoms with Gasteiger partial charge in [-0.15, -0.1) is 0 Å². The Kier molecular flexibility index (Phi) is 23.4. The summed E-state index contributed by atoms with van der Waals surface area (Å²) in [6, 6.07) is -12.6. The summed E-state index contributed by atoms with van der Waals surface area (Å²) >= 11 is 3.93. The third-order valence-electron chi connectivity index (χ3n) is 11.5. The predicted octanol–water partition coefficient (Wildman–Crippen LogP) is -4.58. The molecule has 9 amide bonds. The van der Waals surface area contributed by atoms with E-state index in [1.54, 1.807) is 27.7 Å². The van der Waals surface area contributed by atoms with Gasteiger partial charge in [0.25, 0.3) is 0 Å². The lowest BCUT2D eigenvalue weighted by Gasteiger charge is -2.33. The third-order valence-corrected chi connectivity index (χ3v) is 11.9. The lowest BCUT2D eigenvalue weighted by Crippen LogP contribution is -2.62. The summed E-state index contributed by atoms with van der Waals surface area (Å²) in [4.78, 5) is 146. The summed E-state index contributed by atoms with van der Waals surface area (Å²) in [7, 11) is 0. The second kappa shape index (κ2) is 27.3. The molecular formula is C41H68N10O15S. The molecule has 0 radical (unpaired) electrons. The molecule has 2 heterocycles. The van der Waals surface area contributed by atoms with E-state index in [9.17, 15) is 73.2 Å². The minimum absolute atomic E-state index is 0.0124. The minimum Gasteiger partial charge on any atom is -0.481 e. The number of hydrogen-bond acceptors (Lipinski definition) is 15. The van der Waals surface area contributed by atoms with Crippen LogP contribution in [0.1, 0.15) is 92.4 Å². The van der Waals surface area contributed by atoms with Crippen LogP contribution in [0.25, 0.3) is 0 Å². The van der Waals surface area contributed by atoms with Crippen molar-refractivity contribution in [2.75, 3.05) is 25.4 Å². The Labute approximate surface area is 393 Å². The van der Waals surface area contributed by atoms with Gasteiger partial charge in [0.1, 0.15) is 54.4 Å². The summed E-state index contributed by atoms with van der Waals surface area (Å²) in [5.74, 6) is -11.6. The number of carboxylic acid groups (broad SMARTS) is 2. The minimum atomic E-state index is -1.77. The van der Waals surface area contributed by atoms with Crippen LogP contribution < -0.4 is 43.4 Å². The number of thiol groups is 1. The van der Waals surface area contributed by atoms with E-state index >= 15 is 0 Å². The van der Waals surface area contributed by atoms with Gasteiger partial charge in [-0.25, -0.2) is 4.79 Å². The number of nitrogens with zero attached hydrogens (tertiary/aromatic N) is 2. The van der Waals surface area contributed by atoms with E-state index in [1.165, 1.54) is 11.8 Å². The second-order valence-electron chi connectivity index (χ2n) is 17.3. The zero-order valence-corrected chi connectivity index (χ0v) is 39.3. The number of carbonyl (C=O) groups is 11. The molecule has 2 fully saturated rings. The number of likely N-dealkylation sites (tertiary alicyclic amines) is 2. The third kappa shape index (κ3) is 17.2. The molecule has 14 N–H and O–H groups in total. The summed E-state index contributed by atoms with van der Waals surface area (Å²) in [5.41, 5.74) is 10.8. The van der Waals surface area contributed by atoms with Crippen LogP contribution in [-0.4, -0.2) is 181 Å². The number of aliphatic hydroxyl groups is 2. The fourth-order valence-corrected chi connectivity index (χ4v) is 7.81. The molecule has 0 aromatic heterocycles. The Bertz CT molecular complexity index is 1820. The summed E-state index contributed by atoms with van der Waals surface area (Å²) in [6.07, 6.45) is -1.74. The normalized spacial score (nSPS) is 19.9. The number of aliphatic carboxylic acids is 2. The monoisotopic (exact) mass is 972 g/mol. The Hall–Kier alpha value is -5.60. The average Bonchev–Trinajstić information content (AvgIpc) is 3.97. The smallest absolute Gasteiger partial charge is 0.327 e. The fourth-order valence-electron chi connectivity index (χ4n) is 7.56. The van der Waals surface area contributed by atoms with Crippen molar-refractivity contribution < 1.29 is 73.2 Å². The van der Waals surface area contributed by atoms with Crippen molar-refractivity contribution in [3.05, 3.63) is 0 Å². The highest BCUT2D eigenvalue weighted by Gasteiger charge is 2.43. The molecule has 0 aromatic rings. The SMILES string of the molecule is CCC(C)C(NC(=O)C1CCCN1C(=O)C(NC(=O)C(CC(=O)O)NC(=O)C(N)CO)C(C)O)C(=O)NC(CC(C)C)C(=O)N1CCCC1C(=O)NC(CCC(N)=O)C(=O)NC(CS)C(=O)O. The van der Waals surface area contributed by atoms with Crippen molar-refractivity contribution in [3.63, 3.8) is 0 Å². The lowest BCUT2D eigenvalue weighted by molar-refractivity contribution is -0.146. The Morgan fingerprint density at radius 1 is 0.687 bits per heavy atom. The molecule has 2 saturated heterocycles. The number of amides is 9. The van der Waals surface area contributed by atoms with Crippen LogP contribution in [0.2, 0.25) is 0 Å². The number of carboxylic acids is 2. The van der Waals surface area contributed by atoms with Gasteiger partial charge in [-0.3, -0.25) is 47.9 Å². The maximum Gasteiger partial charge on any atom is 0.327 e. The molecule has 25 nitrogen and oxygen atoms in total. The Morgan fingerprint density at radius 2 is 1.21 bits per heavy atom. The maximum atomic E-state index is 14.3. The molecule has 0 spiro atoms. The molecule has 11 unspecified atom stereocenters. The van der Waals surface area contributed by atoms with Gasteiger partial charge in [-0.1, -0.05) is 34.1 Å². The van der Waals surface area contributed by atoms with Gasteiger partial charge in [0.2, 0.25) is 53.2 Å². The van der Waals surface area contributed by atoms with E-state index in [4.69, 9.17) is 11.5 Å². The quantitative estimate of drug-likeness (QED) is 0.0345. The van der Waals surface area contributed by atoms with Gasteiger partial charge < -0.3 is 73.6 Å². The van der Waals surface area contributed by atoms with Gasteiger partial charge in [0, 0.05) is 25.3 Å². The molecule has 2 rings (SSSR count). The number of rotatable bonds is 27. The molecule has 2 aliphatic heterocycles. The number of aliphatic hydroxyl groups excluding tert-OH is 2. The molecular weight excluding hydrogens is 905 g/mol. The molecule has 2 aliphatic rings. The van der Waals surface area contributed by atoms with Crippen molar-refractivity contribution in [2.45, 2.75) is 153 Å². The van der Waals surface area contributed by atoms with E-state index in [-0.39, 0.29) is 56.9 Å². The molecule has 0 saturated carbocycles. The molecule has 378 valence electrons. The molecule has 0 bridgehead atoms. The van der Waals surface area contributed by atoms with Gasteiger partial charge >= 0.3 is 11.9 Å². The molecule has 0 aromatic carbocycles. The first-order valence-corrected chi connectivity index (χ1v) is 22.8. The van der Waals surface area contributed by atoms with Crippen LogP contribution in [0.3, 0.4) is 0 Å². The van der Waals surface area contributed by atoms with Crippen LogP contribution in [0.5, 0.6) is 0 Å². The van der Waals surface area contributed by atoms with Crippen molar-refractivity contribution in [3.8, 4) is 0 Å². The van der Waals surface area contributed by atoms with Gasteiger partial charge in [-0.05, 0) is 57.3 Å². The van der Waals surface area contributed by atoms with Gasteiger partial charge in [0.15, 0.2) is 0 Å². The van der Waals surface area contributed by atoms with Crippen LogP contribution >= 0.6 is 12.6 Å². The topological polar surface area (TPSA) is 399 Å². The largest absolute Gasteiger partial charge is 0.481 e. The van der Waals surface area contributed by atoms with Crippen LogP contribution in [0.15, 0.2) is 0 Å². The highest BCUT2D eigenvalue weighted by molar-refractivity contribution is 7.80. The van der Waals surface area contributed by atoms with Crippen molar-refractivity contribution in [1.82, 2.24) is 41.7 Å². The molecule has 67 heavy (non-hydrogen) atoms. The van der Waals surface area contributed by atoms with E-state index in [0.29, 0.717) is 19.3 Å². The zero-order valence-electron chi connectivity index (χ0n) is 38.4. The van der Waals surface area contributed by atoms with Crippen molar-refractivity contribution >= 4 is 77.7 Å². The number of hydrogen-bond donors (Lipinski definition) is 13. The lowest BCUT2D eigenvalue weighted by atomic mass is 9.96. The molecule has 0 aliphatic carbocycles. The van der Waals surface area contributed by atoms with Gasteiger partial charge in [-0.2, -0.15) is 12.6 Å². The highest BCUT2D eigenvalue weighted by atomic mass is 32.1. The first kappa shape index (κ1) is 57.5. The summed E-state index contributed by atoms with van der Waals surface area (Å²) in [5, 5.41) is 53.1. The molecule has 26 heteroatoms. The number of nitrogens with one attached hydrogen (secondary N) is 6. The summed E-state index contributed by atoms with van der Waals surface area (Å²) < 4.78 is 0. The summed E-state index contributed by atoms with van der Waals surface area (Å²) in [6.45, 7) is 7.48. The van der Waals surface area contributed by atoms with E-state index < -0.39 is 145 Å². The zero-order chi connectivity index (χ0) is 50.9. The fraction of sp³-hybridized carbons (Fsp3) is 0.732. The van der Waals surface area contributed by atoms with Crippen molar-refractivity contribution in [2.24, 2.45) is 23.3 Å². The van der Waals surface area contributed by atoms with Crippen LogP contribution in [0.4, 0.5) is 0 Å². The first-order chi connectivity index (χ1) is 31.4. The van der Waals surface area contributed by atoms with E-state index in [1.807, 2.05) is 0 Å². The second-order valence-corrected chi connectivity index (χ2v) is 17.6. The first-order valence-electron chi connectivity index (χ1n) is 22.2. The standard InChI is InChI=1S/C41H68N10O15S/c1-6-20(4)31(48-37(61)28-10-8-14-51(28)40(64)32(21(5)53)49-35(59)24(16-30(55)56)45-33(57)22(42)17-52)38(62)46-25(15-19(2)3)39(63)50-13-7-9-27(50)36(60)44-23(11-12-29(43)54)34(58)47-26(18-67)41(65)66/h19-28,31-32,52-53,67H,6-18,42H2,1-5H3,(H2,43,54)(H,44,60)(H,45,57)(H,46,62)(H,47,58)(H,48,61)(H,49,59)(H,55,56)(H,65,66). The van der Waals surface area contributed by atoms with Gasteiger partial charge in [0.05, 0.1) is 19.1 Å². The predicted molar refractivity (Wildman–Crippen MR) is 239 cm³/mol.